The maximum absolute atomic E-state index is 12.6. The predicted octanol–water partition coefficient (Wildman–Crippen LogP) is 4.59. The number of rotatable bonds is 2. The molecule has 112 valence electrons. The van der Waals surface area contributed by atoms with E-state index < -0.39 is 0 Å². The predicted molar refractivity (Wildman–Crippen MR) is 90.2 cm³/mol. The summed E-state index contributed by atoms with van der Waals surface area (Å²) in [6, 6.07) is 5.63. The van der Waals surface area contributed by atoms with Crippen LogP contribution in [0.25, 0.3) is 10.1 Å². The topological polar surface area (TPSA) is 55.1 Å². The maximum atomic E-state index is 12.6. The summed E-state index contributed by atoms with van der Waals surface area (Å²) in [4.78, 5) is 13.2. The van der Waals surface area contributed by atoms with Crippen LogP contribution in [0.3, 0.4) is 0 Å². The third-order valence-electron chi connectivity index (χ3n) is 4.28. The molecule has 0 aliphatic heterocycles. The van der Waals surface area contributed by atoms with E-state index in [0.29, 0.717) is 15.6 Å². The largest absolute Gasteiger partial charge is 0.397 e. The second kappa shape index (κ2) is 5.50. The van der Waals surface area contributed by atoms with E-state index in [1.54, 1.807) is 6.07 Å². The van der Waals surface area contributed by atoms with Crippen molar-refractivity contribution >= 4 is 44.6 Å². The molecule has 0 radical (unpaired) electrons. The lowest BCUT2D eigenvalue weighted by Gasteiger charge is -2.34. The van der Waals surface area contributed by atoms with E-state index in [1.807, 2.05) is 12.1 Å². The van der Waals surface area contributed by atoms with Crippen LogP contribution in [-0.2, 0) is 0 Å². The molecule has 0 atom stereocenters. The second-order valence-electron chi connectivity index (χ2n) is 6.03. The summed E-state index contributed by atoms with van der Waals surface area (Å²) in [5.41, 5.74) is 6.54. The van der Waals surface area contributed by atoms with Gasteiger partial charge in [0.2, 0.25) is 0 Å². The SMILES string of the molecule is CC1(NC(=O)c2sc3cccc(Cl)c3c2N)CCCCC1. The molecule has 2 aromatic rings. The standard InChI is InChI=1S/C16H19ClN2OS/c1-16(8-3-2-4-9-16)19-15(20)14-13(18)12-10(17)6-5-7-11(12)21-14/h5-7H,2-4,8-9,18H2,1H3,(H,19,20). The van der Waals surface area contributed by atoms with Gasteiger partial charge in [-0.05, 0) is 31.9 Å². The van der Waals surface area contributed by atoms with E-state index in [0.717, 1.165) is 22.9 Å². The van der Waals surface area contributed by atoms with Gasteiger partial charge in [-0.2, -0.15) is 0 Å². The molecule has 1 amide bonds. The van der Waals surface area contributed by atoms with Crippen molar-refractivity contribution in [2.75, 3.05) is 5.73 Å². The first-order valence-corrected chi connectivity index (χ1v) is 8.49. The highest BCUT2D eigenvalue weighted by molar-refractivity contribution is 7.21. The molecule has 3 nitrogen and oxygen atoms in total. The molecule has 1 heterocycles. The molecule has 0 unspecified atom stereocenters. The van der Waals surface area contributed by atoms with Gasteiger partial charge in [0.1, 0.15) is 4.88 Å². The van der Waals surface area contributed by atoms with E-state index in [4.69, 9.17) is 17.3 Å². The molecule has 3 rings (SSSR count). The van der Waals surface area contributed by atoms with Gasteiger partial charge < -0.3 is 11.1 Å². The lowest BCUT2D eigenvalue weighted by Crippen LogP contribution is -2.47. The molecule has 3 N–H and O–H groups in total. The number of carbonyl (C=O) groups excluding carboxylic acids is 1. The third-order valence-corrected chi connectivity index (χ3v) is 5.76. The van der Waals surface area contributed by atoms with Gasteiger partial charge in [-0.1, -0.05) is 36.9 Å². The van der Waals surface area contributed by atoms with Gasteiger partial charge in [-0.3, -0.25) is 4.79 Å². The summed E-state index contributed by atoms with van der Waals surface area (Å²) in [5, 5.41) is 4.58. The number of nitrogen functional groups attached to an aromatic ring is 1. The fourth-order valence-corrected chi connectivity index (χ4v) is 4.46. The van der Waals surface area contributed by atoms with Crippen molar-refractivity contribution in [1.29, 1.82) is 0 Å². The zero-order chi connectivity index (χ0) is 15.0. The van der Waals surface area contributed by atoms with Crippen molar-refractivity contribution in [1.82, 2.24) is 5.32 Å². The molecule has 1 fully saturated rings. The Bertz CT molecular complexity index is 689. The van der Waals surface area contributed by atoms with Crippen LogP contribution in [0.5, 0.6) is 0 Å². The Morgan fingerprint density at radius 1 is 1.33 bits per heavy atom. The van der Waals surface area contributed by atoms with Crippen molar-refractivity contribution in [2.24, 2.45) is 0 Å². The van der Waals surface area contributed by atoms with Gasteiger partial charge in [0, 0.05) is 15.6 Å². The minimum absolute atomic E-state index is 0.0748. The Morgan fingerprint density at radius 2 is 2.05 bits per heavy atom. The van der Waals surface area contributed by atoms with Crippen LogP contribution >= 0.6 is 22.9 Å². The normalized spacial score (nSPS) is 17.8. The first kappa shape index (κ1) is 14.7. The van der Waals surface area contributed by atoms with Gasteiger partial charge in [-0.15, -0.1) is 11.3 Å². The van der Waals surface area contributed by atoms with Crippen LogP contribution in [0.15, 0.2) is 18.2 Å². The first-order valence-electron chi connectivity index (χ1n) is 7.29. The lowest BCUT2D eigenvalue weighted by atomic mass is 9.83. The smallest absolute Gasteiger partial charge is 0.263 e. The quantitative estimate of drug-likeness (QED) is 0.849. The molecule has 1 aliphatic carbocycles. The number of hydrogen-bond acceptors (Lipinski definition) is 3. The van der Waals surface area contributed by atoms with E-state index in [2.05, 4.69) is 12.2 Å². The number of thiophene rings is 1. The molecular formula is C16H19ClN2OS. The average Bonchev–Trinajstić information content (AvgIpc) is 2.78. The Morgan fingerprint density at radius 3 is 2.71 bits per heavy atom. The molecule has 0 spiro atoms. The Balaban J connectivity index is 1.91. The molecule has 1 aromatic carbocycles. The van der Waals surface area contributed by atoms with Crippen LogP contribution in [0, 0.1) is 0 Å². The molecule has 21 heavy (non-hydrogen) atoms. The third kappa shape index (κ3) is 2.74. The number of carbonyl (C=O) groups is 1. The van der Waals surface area contributed by atoms with Gasteiger partial charge in [0.25, 0.3) is 5.91 Å². The summed E-state index contributed by atoms with van der Waals surface area (Å²) < 4.78 is 0.957. The van der Waals surface area contributed by atoms with Gasteiger partial charge in [0.15, 0.2) is 0 Å². The first-order chi connectivity index (χ1) is 10.0. The molecule has 1 aromatic heterocycles. The number of amides is 1. The zero-order valence-corrected chi connectivity index (χ0v) is 13.6. The minimum Gasteiger partial charge on any atom is -0.397 e. The van der Waals surface area contributed by atoms with Crippen molar-refractivity contribution in [3.8, 4) is 0 Å². The zero-order valence-electron chi connectivity index (χ0n) is 12.0. The highest BCUT2D eigenvalue weighted by Crippen LogP contribution is 2.38. The average molecular weight is 323 g/mol. The molecule has 0 saturated heterocycles. The van der Waals surface area contributed by atoms with Crippen LogP contribution in [0.1, 0.15) is 48.7 Å². The van der Waals surface area contributed by atoms with Crippen LogP contribution in [0.2, 0.25) is 5.02 Å². The van der Waals surface area contributed by atoms with Gasteiger partial charge in [0.05, 0.1) is 10.7 Å². The number of nitrogens with two attached hydrogens (primary N) is 1. The molecule has 0 bridgehead atoms. The minimum atomic E-state index is -0.109. The fourth-order valence-electron chi connectivity index (χ4n) is 3.09. The fraction of sp³-hybridized carbons (Fsp3) is 0.438. The molecular weight excluding hydrogens is 304 g/mol. The number of halogens is 1. The summed E-state index contributed by atoms with van der Waals surface area (Å²) in [6.07, 6.45) is 5.66. The number of benzene rings is 1. The van der Waals surface area contributed by atoms with Crippen molar-refractivity contribution < 1.29 is 4.79 Å². The highest BCUT2D eigenvalue weighted by atomic mass is 35.5. The van der Waals surface area contributed by atoms with Crippen LogP contribution in [0.4, 0.5) is 5.69 Å². The molecule has 1 saturated carbocycles. The summed E-state index contributed by atoms with van der Waals surface area (Å²) in [6.45, 7) is 2.13. The lowest BCUT2D eigenvalue weighted by molar-refractivity contribution is 0.0888. The Hall–Kier alpha value is -1.26. The molecule has 1 aliphatic rings. The second-order valence-corrected chi connectivity index (χ2v) is 7.49. The number of fused-ring (bicyclic) bond motifs is 1. The van der Waals surface area contributed by atoms with E-state index in [-0.39, 0.29) is 11.4 Å². The Kier molecular flexibility index (Phi) is 3.84. The highest BCUT2D eigenvalue weighted by Gasteiger charge is 2.30. The molecule has 5 heteroatoms. The van der Waals surface area contributed by atoms with Crippen LogP contribution in [-0.4, -0.2) is 11.4 Å². The van der Waals surface area contributed by atoms with Gasteiger partial charge >= 0.3 is 0 Å². The van der Waals surface area contributed by atoms with Crippen LogP contribution < -0.4 is 11.1 Å². The monoisotopic (exact) mass is 322 g/mol. The van der Waals surface area contributed by atoms with E-state index in [9.17, 15) is 4.79 Å². The van der Waals surface area contributed by atoms with Gasteiger partial charge in [-0.25, -0.2) is 0 Å². The van der Waals surface area contributed by atoms with Crippen molar-refractivity contribution in [2.45, 2.75) is 44.6 Å². The maximum Gasteiger partial charge on any atom is 0.263 e. The summed E-state index contributed by atoms with van der Waals surface area (Å²) in [5.74, 6) is -0.0748. The summed E-state index contributed by atoms with van der Waals surface area (Å²) in [7, 11) is 0. The van der Waals surface area contributed by atoms with Crippen molar-refractivity contribution in [3.63, 3.8) is 0 Å². The van der Waals surface area contributed by atoms with E-state index in [1.165, 1.54) is 30.6 Å². The van der Waals surface area contributed by atoms with Crippen molar-refractivity contribution in [3.05, 3.63) is 28.1 Å². The number of anilines is 1. The summed E-state index contributed by atoms with van der Waals surface area (Å²) >= 11 is 7.61. The Labute approximate surface area is 133 Å². The number of hydrogen-bond donors (Lipinski definition) is 2. The number of nitrogens with one attached hydrogen (secondary N) is 1. The van der Waals surface area contributed by atoms with E-state index >= 15 is 0 Å².